The molecule has 8 rings (SSSR count). The largest absolute Gasteiger partial charge is 0.309 e. The normalized spacial score (nSPS) is 13.4. The van der Waals surface area contributed by atoms with Crippen LogP contribution in [-0.4, -0.2) is 4.57 Å². The number of rotatable bonds is 3. The minimum atomic E-state index is -0.112. The summed E-state index contributed by atoms with van der Waals surface area (Å²) < 4.78 is 2.53. The van der Waals surface area contributed by atoms with Crippen LogP contribution in [-0.2, 0) is 5.41 Å². The van der Waals surface area contributed by atoms with Gasteiger partial charge in [-0.1, -0.05) is 129 Å². The van der Waals surface area contributed by atoms with Crippen LogP contribution in [0.3, 0.4) is 0 Å². The molecule has 0 amide bonds. The molecule has 1 heteroatoms. The van der Waals surface area contributed by atoms with Crippen molar-refractivity contribution in [2.24, 2.45) is 0 Å². The molecule has 0 fully saturated rings. The van der Waals surface area contributed by atoms with Crippen molar-refractivity contribution in [1.29, 1.82) is 0 Å². The monoisotopic (exact) mass is 511 g/mol. The van der Waals surface area contributed by atoms with Crippen LogP contribution < -0.4 is 0 Å². The minimum Gasteiger partial charge on any atom is -0.309 e. The maximum absolute atomic E-state index is 2.53. The highest BCUT2D eigenvalue weighted by molar-refractivity contribution is 6.13. The highest BCUT2D eigenvalue weighted by Crippen LogP contribution is 2.55. The smallest absolute Gasteiger partial charge is 0.0585 e. The molecule has 1 aromatic heterocycles. The summed E-state index contributed by atoms with van der Waals surface area (Å²) >= 11 is 0. The molecule has 6 aromatic carbocycles. The zero-order valence-corrected chi connectivity index (χ0v) is 22.7. The lowest BCUT2D eigenvalue weighted by atomic mass is 9.81. The van der Waals surface area contributed by atoms with Crippen LogP contribution in [0.2, 0.25) is 0 Å². The van der Waals surface area contributed by atoms with E-state index in [0.29, 0.717) is 0 Å². The van der Waals surface area contributed by atoms with Crippen LogP contribution in [0.15, 0.2) is 140 Å². The molecule has 0 spiro atoms. The van der Waals surface area contributed by atoms with Crippen LogP contribution in [0.25, 0.3) is 60.9 Å². The van der Waals surface area contributed by atoms with Gasteiger partial charge >= 0.3 is 0 Å². The van der Waals surface area contributed by atoms with Crippen molar-refractivity contribution in [1.82, 2.24) is 4.57 Å². The number of hydrogen-bond donors (Lipinski definition) is 0. The lowest BCUT2D eigenvalue weighted by Crippen LogP contribution is -2.14. The molecule has 1 aliphatic carbocycles. The van der Waals surface area contributed by atoms with Crippen LogP contribution in [0.1, 0.15) is 25.0 Å². The Morgan fingerprint density at radius 2 is 1.12 bits per heavy atom. The fourth-order valence-electron chi connectivity index (χ4n) is 6.90. The van der Waals surface area contributed by atoms with E-state index in [1.807, 2.05) is 0 Å². The molecular weight excluding hydrogens is 482 g/mol. The number of benzene rings is 6. The second kappa shape index (κ2) is 8.56. The molecule has 190 valence electrons. The Hall–Kier alpha value is -4.88. The first kappa shape index (κ1) is 23.0. The Balaban J connectivity index is 1.53. The van der Waals surface area contributed by atoms with Gasteiger partial charge in [0.05, 0.1) is 11.2 Å². The summed E-state index contributed by atoms with van der Waals surface area (Å²) in [5.41, 5.74) is 12.7. The fraction of sp³-hybridized carbons (Fsp3) is 0.0769. The van der Waals surface area contributed by atoms with Gasteiger partial charge < -0.3 is 4.57 Å². The zero-order valence-electron chi connectivity index (χ0n) is 22.7. The Bertz CT molecular complexity index is 2000. The van der Waals surface area contributed by atoms with Gasteiger partial charge in [-0.2, -0.15) is 0 Å². The van der Waals surface area contributed by atoms with Gasteiger partial charge in [-0.15, -0.1) is 0 Å². The lowest BCUT2D eigenvalue weighted by molar-refractivity contribution is 0.666. The standard InChI is InChI=1S/C39H29N/c1-39(2)34-20-12-11-19-33(34)38-37(39)36-32-18-10-9-17-28(32)21-22-35(36)40(38)31-24-29(26-13-5-3-6-14-26)23-30(25-31)27-15-7-4-8-16-27/h3-25H,1-2H3. The third kappa shape index (κ3) is 3.28. The Labute approximate surface area is 235 Å². The molecule has 0 atom stereocenters. The summed E-state index contributed by atoms with van der Waals surface area (Å²) in [5, 5.41) is 3.96. The van der Waals surface area contributed by atoms with E-state index in [1.54, 1.807) is 0 Å². The summed E-state index contributed by atoms with van der Waals surface area (Å²) in [4.78, 5) is 0. The van der Waals surface area contributed by atoms with Crippen LogP contribution in [0.5, 0.6) is 0 Å². The summed E-state index contributed by atoms with van der Waals surface area (Å²) in [5.74, 6) is 0. The quantitative estimate of drug-likeness (QED) is 0.222. The first-order chi connectivity index (χ1) is 19.6. The van der Waals surface area contributed by atoms with Gasteiger partial charge in [0.2, 0.25) is 0 Å². The predicted molar refractivity (Wildman–Crippen MR) is 169 cm³/mol. The molecule has 0 saturated heterocycles. The SMILES string of the molecule is CC1(C)c2ccccc2-c2c1c1c3ccccc3ccc1n2-c1cc(-c2ccccc2)cc(-c2ccccc2)c1. The highest BCUT2D eigenvalue weighted by Gasteiger charge is 2.41. The lowest BCUT2D eigenvalue weighted by Gasteiger charge is -2.21. The highest BCUT2D eigenvalue weighted by atomic mass is 15.0. The fourth-order valence-corrected chi connectivity index (χ4v) is 6.90. The third-order valence-corrected chi connectivity index (χ3v) is 8.73. The summed E-state index contributed by atoms with van der Waals surface area (Å²) in [7, 11) is 0. The van der Waals surface area contributed by atoms with Gasteiger partial charge in [-0.25, -0.2) is 0 Å². The van der Waals surface area contributed by atoms with Crippen LogP contribution in [0, 0.1) is 0 Å². The van der Waals surface area contributed by atoms with Crippen molar-refractivity contribution < 1.29 is 0 Å². The van der Waals surface area contributed by atoms with E-state index in [-0.39, 0.29) is 5.41 Å². The maximum atomic E-state index is 2.53. The predicted octanol–water partition coefficient (Wildman–Crippen LogP) is 10.4. The van der Waals surface area contributed by atoms with Gasteiger partial charge in [0.15, 0.2) is 0 Å². The average Bonchev–Trinajstić information content (AvgIpc) is 3.49. The Morgan fingerprint density at radius 1 is 0.525 bits per heavy atom. The van der Waals surface area contributed by atoms with Crippen LogP contribution in [0.4, 0.5) is 0 Å². The summed E-state index contributed by atoms with van der Waals surface area (Å²) in [6.45, 7) is 4.78. The van der Waals surface area contributed by atoms with Crippen molar-refractivity contribution in [3.05, 3.63) is 151 Å². The molecule has 1 heterocycles. The molecule has 1 aliphatic rings. The average molecular weight is 512 g/mol. The number of hydrogen-bond acceptors (Lipinski definition) is 0. The minimum absolute atomic E-state index is 0.112. The van der Waals surface area contributed by atoms with Crippen molar-refractivity contribution in [3.63, 3.8) is 0 Å². The van der Waals surface area contributed by atoms with Crippen molar-refractivity contribution in [2.45, 2.75) is 19.3 Å². The van der Waals surface area contributed by atoms with E-state index in [0.717, 1.165) is 0 Å². The second-order valence-corrected chi connectivity index (χ2v) is 11.4. The number of aromatic nitrogens is 1. The third-order valence-electron chi connectivity index (χ3n) is 8.73. The number of nitrogens with zero attached hydrogens (tertiary/aromatic N) is 1. The van der Waals surface area contributed by atoms with Gasteiger partial charge in [-0.3, -0.25) is 0 Å². The van der Waals surface area contributed by atoms with Crippen molar-refractivity contribution >= 4 is 21.7 Å². The van der Waals surface area contributed by atoms with E-state index in [2.05, 4.69) is 158 Å². The molecule has 0 radical (unpaired) electrons. The summed E-state index contributed by atoms with van der Waals surface area (Å²) in [6.07, 6.45) is 0. The van der Waals surface area contributed by atoms with Gasteiger partial charge in [0.25, 0.3) is 0 Å². The first-order valence-corrected chi connectivity index (χ1v) is 14.0. The molecule has 0 saturated carbocycles. The maximum Gasteiger partial charge on any atom is 0.0585 e. The Morgan fingerprint density at radius 3 is 1.82 bits per heavy atom. The molecule has 7 aromatic rings. The zero-order chi connectivity index (χ0) is 26.8. The van der Waals surface area contributed by atoms with E-state index in [9.17, 15) is 0 Å². The number of fused-ring (bicyclic) bond motifs is 7. The van der Waals surface area contributed by atoms with E-state index < -0.39 is 0 Å². The van der Waals surface area contributed by atoms with Crippen molar-refractivity contribution in [2.75, 3.05) is 0 Å². The second-order valence-electron chi connectivity index (χ2n) is 11.4. The topological polar surface area (TPSA) is 4.93 Å². The molecule has 40 heavy (non-hydrogen) atoms. The van der Waals surface area contributed by atoms with Gasteiger partial charge in [0, 0.05) is 22.1 Å². The van der Waals surface area contributed by atoms with Gasteiger partial charge in [-0.05, 0) is 68.4 Å². The van der Waals surface area contributed by atoms with Gasteiger partial charge in [0.1, 0.15) is 0 Å². The van der Waals surface area contributed by atoms with E-state index >= 15 is 0 Å². The molecule has 0 bridgehead atoms. The van der Waals surface area contributed by atoms with Crippen LogP contribution >= 0.6 is 0 Å². The molecule has 0 aliphatic heterocycles. The molecule has 1 nitrogen and oxygen atoms in total. The van der Waals surface area contributed by atoms with Crippen molar-refractivity contribution in [3.8, 4) is 39.2 Å². The molecular formula is C39H29N. The van der Waals surface area contributed by atoms with E-state index in [4.69, 9.17) is 0 Å². The molecule has 0 N–H and O–H groups in total. The van der Waals surface area contributed by atoms with E-state index in [1.165, 1.54) is 72.0 Å². The molecule has 0 unspecified atom stereocenters. The first-order valence-electron chi connectivity index (χ1n) is 14.0. The Kier molecular flexibility index (Phi) is 4.93. The summed E-state index contributed by atoms with van der Waals surface area (Å²) in [6, 6.07) is 51.0.